The molecular formula is C18H28O2. The molecule has 0 aromatic rings. The van der Waals surface area contributed by atoms with Crippen molar-refractivity contribution in [2.75, 3.05) is 0 Å². The van der Waals surface area contributed by atoms with Crippen molar-refractivity contribution in [3.63, 3.8) is 0 Å². The molecule has 0 unspecified atom stereocenters. The fourth-order valence-corrected chi connectivity index (χ4v) is 4.21. The number of hydrogen-bond donors (Lipinski definition) is 0. The Hall–Kier alpha value is -0.790. The predicted octanol–water partition coefficient (Wildman–Crippen LogP) is 4.78. The molecule has 3 saturated carbocycles. The quantitative estimate of drug-likeness (QED) is 0.545. The van der Waals surface area contributed by atoms with Gasteiger partial charge in [0.25, 0.3) is 0 Å². The summed E-state index contributed by atoms with van der Waals surface area (Å²) in [7, 11) is 0. The standard InChI is InChI=1S/C18H28O2/c19-18(20-16-11-5-6-12-16)17(15-9-3-4-10-15)13-14-7-1-2-8-14/h13-16H,1-12H2. The van der Waals surface area contributed by atoms with Crippen molar-refractivity contribution in [3.05, 3.63) is 11.6 Å². The molecule has 0 aromatic heterocycles. The lowest BCUT2D eigenvalue weighted by molar-refractivity contribution is -0.144. The van der Waals surface area contributed by atoms with E-state index < -0.39 is 0 Å². The zero-order valence-corrected chi connectivity index (χ0v) is 12.6. The summed E-state index contributed by atoms with van der Waals surface area (Å²) in [4.78, 5) is 12.6. The third-order valence-corrected chi connectivity index (χ3v) is 5.42. The molecule has 0 aromatic carbocycles. The smallest absolute Gasteiger partial charge is 0.334 e. The van der Waals surface area contributed by atoms with Crippen LogP contribution < -0.4 is 0 Å². The predicted molar refractivity (Wildman–Crippen MR) is 80.3 cm³/mol. The zero-order chi connectivity index (χ0) is 13.8. The number of carbonyl (C=O) groups excluding carboxylic acids is 1. The molecule has 3 aliphatic rings. The molecule has 0 radical (unpaired) electrons. The van der Waals surface area contributed by atoms with Crippen molar-refractivity contribution < 1.29 is 9.53 Å². The molecule has 0 N–H and O–H groups in total. The molecule has 0 atom stereocenters. The van der Waals surface area contributed by atoms with Crippen LogP contribution in [0.1, 0.15) is 77.0 Å². The van der Waals surface area contributed by atoms with Crippen LogP contribution in [0.2, 0.25) is 0 Å². The number of hydrogen-bond acceptors (Lipinski definition) is 2. The van der Waals surface area contributed by atoms with Crippen molar-refractivity contribution in [3.8, 4) is 0 Å². The Morgan fingerprint density at radius 2 is 1.35 bits per heavy atom. The molecule has 0 spiro atoms. The molecule has 0 heterocycles. The van der Waals surface area contributed by atoms with Crippen molar-refractivity contribution >= 4 is 5.97 Å². The van der Waals surface area contributed by atoms with Crippen LogP contribution in [0.3, 0.4) is 0 Å². The number of ether oxygens (including phenoxy) is 1. The van der Waals surface area contributed by atoms with Crippen LogP contribution in [0.5, 0.6) is 0 Å². The first kappa shape index (κ1) is 14.2. The van der Waals surface area contributed by atoms with Gasteiger partial charge >= 0.3 is 5.97 Å². The fourth-order valence-electron chi connectivity index (χ4n) is 4.21. The maximum atomic E-state index is 12.6. The van der Waals surface area contributed by atoms with E-state index in [4.69, 9.17) is 4.74 Å². The Morgan fingerprint density at radius 1 is 0.800 bits per heavy atom. The van der Waals surface area contributed by atoms with Crippen LogP contribution in [0.25, 0.3) is 0 Å². The van der Waals surface area contributed by atoms with Crippen LogP contribution in [0, 0.1) is 11.8 Å². The average Bonchev–Trinajstić information content (AvgIpc) is 3.19. The van der Waals surface area contributed by atoms with Gasteiger partial charge in [-0.2, -0.15) is 0 Å². The molecule has 0 bridgehead atoms. The molecule has 0 aliphatic heterocycles. The molecule has 20 heavy (non-hydrogen) atoms. The fraction of sp³-hybridized carbons (Fsp3) is 0.833. The topological polar surface area (TPSA) is 26.3 Å². The summed E-state index contributed by atoms with van der Waals surface area (Å²) in [5.74, 6) is 1.15. The Kier molecular flexibility index (Phi) is 4.80. The molecule has 3 aliphatic carbocycles. The number of esters is 1. The monoisotopic (exact) mass is 276 g/mol. The Balaban J connectivity index is 1.67. The molecule has 112 valence electrons. The van der Waals surface area contributed by atoms with E-state index >= 15 is 0 Å². The summed E-state index contributed by atoms with van der Waals surface area (Å²) in [6, 6.07) is 0. The molecule has 3 rings (SSSR count). The van der Waals surface area contributed by atoms with Crippen LogP contribution in [-0.2, 0) is 9.53 Å². The highest BCUT2D eigenvalue weighted by Crippen LogP contribution is 2.36. The van der Waals surface area contributed by atoms with Gasteiger partial charge in [-0.3, -0.25) is 0 Å². The van der Waals surface area contributed by atoms with Gasteiger partial charge < -0.3 is 4.74 Å². The summed E-state index contributed by atoms with van der Waals surface area (Å²) in [5.41, 5.74) is 1.04. The van der Waals surface area contributed by atoms with Crippen molar-refractivity contribution in [2.24, 2.45) is 11.8 Å². The molecule has 2 nitrogen and oxygen atoms in total. The van der Waals surface area contributed by atoms with Crippen LogP contribution in [0.4, 0.5) is 0 Å². The maximum Gasteiger partial charge on any atom is 0.334 e. The van der Waals surface area contributed by atoms with Crippen molar-refractivity contribution in [1.29, 1.82) is 0 Å². The third kappa shape index (κ3) is 3.45. The van der Waals surface area contributed by atoms with Gasteiger partial charge in [0.15, 0.2) is 0 Å². The highest BCUT2D eigenvalue weighted by atomic mass is 16.5. The number of carbonyl (C=O) groups is 1. The normalized spacial score (nSPS) is 26.5. The van der Waals surface area contributed by atoms with Crippen LogP contribution >= 0.6 is 0 Å². The summed E-state index contributed by atoms with van der Waals surface area (Å²) in [6.07, 6.45) is 17.3. The summed E-state index contributed by atoms with van der Waals surface area (Å²) >= 11 is 0. The third-order valence-electron chi connectivity index (χ3n) is 5.42. The second kappa shape index (κ2) is 6.78. The van der Waals surface area contributed by atoms with E-state index in [0.29, 0.717) is 11.8 Å². The lowest BCUT2D eigenvalue weighted by Gasteiger charge is -2.18. The highest BCUT2D eigenvalue weighted by molar-refractivity contribution is 5.89. The largest absolute Gasteiger partial charge is 0.459 e. The minimum absolute atomic E-state index is 0.0238. The maximum absolute atomic E-state index is 12.6. The zero-order valence-electron chi connectivity index (χ0n) is 12.6. The van der Waals surface area contributed by atoms with E-state index in [1.807, 2.05) is 0 Å². The molecule has 0 amide bonds. The Labute approximate surface area is 123 Å². The summed E-state index contributed by atoms with van der Waals surface area (Å²) in [5, 5.41) is 0. The first-order valence-corrected chi connectivity index (χ1v) is 8.75. The first-order valence-electron chi connectivity index (χ1n) is 8.75. The highest BCUT2D eigenvalue weighted by Gasteiger charge is 2.29. The van der Waals surface area contributed by atoms with E-state index in [-0.39, 0.29) is 12.1 Å². The van der Waals surface area contributed by atoms with E-state index in [2.05, 4.69) is 6.08 Å². The Bertz CT molecular complexity index is 354. The lowest BCUT2D eigenvalue weighted by Crippen LogP contribution is -2.20. The minimum Gasteiger partial charge on any atom is -0.459 e. The molecule has 2 heteroatoms. The molecule has 0 saturated heterocycles. The number of allylic oxidation sites excluding steroid dienone is 1. The van der Waals surface area contributed by atoms with Gasteiger partial charge in [-0.15, -0.1) is 0 Å². The van der Waals surface area contributed by atoms with E-state index in [0.717, 1.165) is 18.4 Å². The van der Waals surface area contributed by atoms with Gasteiger partial charge in [0, 0.05) is 5.57 Å². The number of rotatable bonds is 4. The van der Waals surface area contributed by atoms with Crippen LogP contribution in [-0.4, -0.2) is 12.1 Å². The van der Waals surface area contributed by atoms with Gasteiger partial charge in [0.1, 0.15) is 6.10 Å². The minimum atomic E-state index is 0.0238. The van der Waals surface area contributed by atoms with Crippen molar-refractivity contribution in [1.82, 2.24) is 0 Å². The lowest BCUT2D eigenvalue weighted by atomic mass is 9.93. The van der Waals surface area contributed by atoms with E-state index in [1.54, 1.807) is 0 Å². The SMILES string of the molecule is O=C(OC1CCCC1)C(=CC1CCCC1)C1CCCC1. The first-order chi connectivity index (χ1) is 9.83. The van der Waals surface area contributed by atoms with Crippen molar-refractivity contribution in [2.45, 2.75) is 83.2 Å². The van der Waals surface area contributed by atoms with Crippen LogP contribution in [0.15, 0.2) is 11.6 Å². The van der Waals surface area contributed by atoms with E-state index in [1.165, 1.54) is 64.2 Å². The summed E-state index contributed by atoms with van der Waals surface area (Å²) < 4.78 is 5.79. The second-order valence-corrected chi connectivity index (χ2v) is 6.96. The van der Waals surface area contributed by atoms with Gasteiger partial charge in [0.05, 0.1) is 0 Å². The van der Waals surface area contributed by atoms with Gasteiger partial charge in [-0.25, -0.2) is 4.79 Å². The Morgan fingerprint density at radius 3 is 2.00 bits per heavy atom. The molecule has 3 fully saturated rings. The van der Waals surface area contributed by atoms with Gasteiger partial charge in [-0.1, -0.05) is 31.8 Å². The van der Waals surface area contributed by atoms with Gasteiger partial charge in [0.2, 0.25) is 0 Å². The average molecular weight is 276 g/mol. The second-order valence-electron chi connectivity index (χ2n) is 6.96. The van der Waals surface area contributed by atoms with E-state index in [9.17, 15) is 4.79 Å². The molecular weight excluding hydrogens is 248 g/mol. The van der Waals surface area contributed by atoms with Gasteiger partial charge in [-0.05, 0) is 63.2 Å². The summed E-state index contributed by atoms with van der Waals surface area (Å²) in [6.45, 7) is 0.